The Labute approximate surface area is 185 Å². The van der Waals surface area contributed by atoms with E-state index < -0.39 is 17.7 Å². The molecular weight excluding hydrogens is 418 g/mol. The summed E-state index contributed by atoms with van der Waals surface area (Å²) in [5, 5.41) is 22.8. The van der Waals surface area contributed by atoms with Crippen molar-refractivity contribution in [2.45, 2.75) is 51.7 Å². The van der Waals surface area contributed by atoms with Gasteiger partial charge in [-0.05, 0) is 64.3 Å². The van der Waals surface area contributed by atoms with Crippen molar-refractivity contribution in [3.8, 4) is 0 Å². The number of aliphatic hydroxyl groups excluding tert-OH is 1. The maximum Gasteiger partial charge on any atom is 0.257 e. The number of aryl methyl sites for hydroxylation is 1. The van der Waals surface area contributed by atoms with Crippen LogP contribution in [0.15, 0.2) is 28.1 Å². The Hall–Kier alpha value is -2.65. The number of oxime groups is 1. The van der Waals surface area contributed by atoms with Crippen LogP contribution in [0.5, 0.6) is 0 Å². The zero-order valence-electron chi connectivity index (χ0n) is 18.1. The number of hydrogen-bond donors (Lipinski definition) is 2. The predicted octanol–water partition coefficient (Wildman–Crippen LogP) is 2.79. The highest BCUT2D eigenvalue weighted by Crippen LogP contribution is 2.26. The first-order valence-electron chi connectivity index (χ1n) is 11.1. The van der Waals surface area contributed by atoms with Gasteiger partial charge >= 0.3 is 0 Å². The molecule has 2 aliphatic heterocycles. The highest BCUT2D eigenvalue weighted by Gasteiger charge is 2.29. The van der Waals surface area contributed by atoms with Gasteiger partial charge in [0.05, 0.1) is 11.3 Å². The quantitative estimate of drug-likeness (QED) is 0.419. The molecule has 32 heavy (non-hydrogen) atoms. The Kier molecular flexibility index (Phi) is 6.66. The molecule has 4 rings (SSSR count). The monoisotopic (exact) mass is 446 g/mol. The number of rotatable bonds is 5. The summed E-state index contributed by atoms with van der Waals surface area (Å²) in [4.78, 5) is 19.6. The van der Waals surface area contributed by atoms with Gasteiger partial charge in [-0.2, -0.15) is 0 Å². The average Bonchev–Trinajstić information content (AvgIpc) is 2.78. The molecule has 2 aliphatic rings. The highest BCUT2D eigenvalue weighted by molar-refractivity contribution is 6.02. The number of piperidine rings is 1. The number of benzene rings is 1. The molecule has 1 unspecified atom stereocenters. The number of hydrogen-bond acceptors (Lipinski definition) is 6. The van der Waals surface area contributed by atoms with Crippen molar-refractivity contribution in [3.05, 3.63) is 62.8 Å². The minimum Gasteiger partial charge on any atom is -0.411 e. The van der Waals surface area contributed by atoms with E-state index in [2.05, 4.69) is 15.0 Å². The van der Waals surface area contributed by atoms with E-state index in [1.165, 1.54) is 6.07 Å². The van der Waals surface area contributed by atoms with Gasteiger partial charge in [0, 0.05) is 30.3 Å². The molecule has 0 aliphatic carbocycles. The predicted molar refractivity (Wildman–Crippen MR) is 115 cm³/mol. The zero-order chi connectivity index (χ0) is 22.8. The van der Waals surface area contributed by atoms with Gasteiger partial charge in [0.1, 0.15) is 23.6 Å². The topological polar surface area (TPSA) is 91.0 Å². The first-order valence-corrected chi connectivity index (χ1v) is 11.1. The Morgan fingerprint density at radius 1 is 1.19 bits per heavy atom. The van der Waals surface area contributed by atoms with Gasteiger partial charge in [-0.1, -0.05) is 11.2 Å². The summed E-state index contributed by atoms with van der Waals surface area (Å²) < 4.78 is 29.9. The second-order valence-electron chi connectivity index (χ2n) is 8.60. The van der Waals surface area contributed by atoms with E-state index in [0.29, 0.717) is 68.9 Å². The molecule has 0 spiro atoms. The largest absolute Gasteiger partial charge is 0.411 e. The molecule has 1 aromatic carbocycles. The van der Waals surface area contributed by atoms with Crippen LogP contribution in [0.1, 0.15) is 54.4 Å². The van der Waals surface area contributed by atoms with Crippen molar-refractivity contribution in [3.63, 3.8) is 0 Å². The molecule has 1 saturated heterocycles. The van der Waals surface area contributed by atoms with Crippen LogP contribution in [0, 0.1) is 24.5 Å². The van der Waals surface area contributed by atoms with Crippen LogP contribution in [-0.2, 0) is 13.0 Å². The molecule has 0 amide bonds. The van der Waals surface area contributed by atoms with Crippen LogP contribution < -0.4 is 5.56 Å². The van der Waals surface area contributed by atoms with Crippen molar-refractivity contribution in [2.75, 3.05) is 19.6 Å². The van der Waals surface area contributed by atoms with E-state index in [9.17, 15) is 23.9 Å². The molecule has 0 radical (unpaired) electrons. The Morgan fingerprint density at radius 2 is 1.88 bits per heavy atom. The van der Waals surface area contributed by atoms with E-state index in [0.717, 1.165) is 18.6 Å². The molecule has 7 nitrogen and oxygen atoms in total. The molecule has 0 bridgehead atoms. The lowest BCUT2D eigenvalue weighted by atomic mass is 9.87. The van der Waals surface area contributed by atoms with Gasteiger partial charge in [-0.15, -0.1) is 0 Å². The van der Waals surface area contributed by atoms with Crippen LogP contribution in [0.2, 0.25) is 0 Å². The van der Waals surface area contributed by atoms with Crippen molar-refractivity contribution < 1.29 is 19.1 Å². The Bertz CT molecular complexity index is 1060. The van der Waals surface area contributed by atoms with Crippen molar-refractivity contribution in [2.24, 2.45) is 11.1 Å². The molecule has 2 N–H and O–H groups in total. The summed E-state index contributed by atoms with van der Waals surface area (Å²) in [5.74, 6) is -1.26. The van der Waals surface area contributed by atoms with Crippen molar-refractivity contribution in [1.29, 1.82) is 0 Å². The molecule has 1 fully saturated rings. The number of halogens is 2. The molecule has 9 heteroatoms. The smallest absolute Gasteiger partial charge is 0.257 e. The maximum atomic E-state index is 14.2. The number of aliphatic hydroxyl groups is 1. The summed E-state index contributed by atoms with van der Waals surface area (Å²) in [6.45, 7) is 4.37. The number of nitrogens with zero attached hydrogens (tertiary/aromatic N) is 4. The minimum atomic E-state index is -0.735. The van der Waals surface area contributed by atoms with Crippen LogP contribution >= 0.6 is 0 Å². The molecular formula is C23H28F2N4O3. The summed E-state index contributed by atoms with van der Waals surface area (Å²) in [6.07, 6.45) is 2.42. The van der Waals surface area contributed by atoms with Crippen LogP contribution in [0.25, 0.3) is 0 Å². The third-order valence-corrected chi connectivity index (χ3v) is 6.64. The fourth-order valence-electron chi connectivity index (χ4n) is 4.83. The minimum absolute atomic E-state index is 0.0479. The summed E-state index contributed by atoms with van der Waals surface area (Å²) in [5.41, 5.74) is 1.02. The van der Waals surface area contributed by atoms with E-state index >= 15 is 0 Å². The van der Waals surface area contributed by atoms with E-state index in [4.69, 9.17) is 0 Å². The van der Waals surface area contributed by atoms with Crippen LogP contribution in [-0.4, -0.2) is 50.1 Å². The third kappa shape index (κ3) is 4.31. The fourth-order valence-corrected chi connectivity index (χ4v) is 4.83. The first kappa shape index (κ1) is 22.5. The molecule has 0 saturated carbocycles. The average molecular weight is 446 g/mol. The summed E-state index contributed by atoms with van der Waals surface area (Å²) in [6, 6.07) is 3.60. The second-order valence-corrected chi connectivity index (χ2v) is 8.60. The van der Waals surface area contributed by atoms with E-state index in [1.54, 1.807) is 11.5 Å². The number of fused-ring (bicyclic) bond motifs is 1. The van der Waals surface area contributed by atoms with Gasteiger partial charge in [0.2, 0.25) is 0 Å². The maximum absolute atomic E-state index is 14.2. The summed E-state index contributed by atoms with van der Waals surface area (Å²) in [7, 11) is 0. The lowest BCUT2D eigenvalue weighted by Gasteiger charge is -2.32. The Balaban J connectivity index is 1.41. The van der Waals surface area contributed by atoms with Crippen LogP contribution in [0.4, 0.5) is 8.78 Å². The van der Waals surface area contributed by atoms with Gasteiger partial charge in [0.15, 0.2) is 0 Å². The molecule has 3 heterocycles. The lowest BCUT2D eigenvalue weighted by molar-refractivity contribution is 0.129. The summed E-state index contributed by atoms with van der Waals surface area (Å²) >= 11 is 0. The fraction of sp³-hybridized carbons (Fsp3) is 0.522. The molecule has 1 atom stereocenters. The lowest BCUT2D eigenvalue weighted by Crippen LogP contribution is -2.39. The number of aromatic nitrogens is 2. The normalized spacial score (nSPS) is 20.4. The van der Waals surface area contributed by atoms with Gasteiger partial charge in [-0.25, -0.2) is 13.8 Å². The molecule has 1 aromatic heterocycles. The first-order chi connectivity index (χ1) is 15.4. The zero-order valence-corrected chi connectivity index (χ0v) is 18.1. The van der Waals surface area contributed by atoms with Gasteiger partial charge < -0.3 is 15.2 Å². The highest BCUT2D eigenvalue weighted by atomic mass is 19.1. The molecule has 172 valence electrons. The van der Waals surface area contributed by atoms with E-state index in [-0.39, 0.29) is 22.8 Å². The van der Waals surface area contributed by atoms with Crippen molar-refractivity contribution in [1.82, 2.24) is 14.5 Å². The standard InChI is InChI=1S/C23H28F2N4O3/c1-14-16(23(31)29-10-3-6-19(30)22(29)26-14)9-13-28-11-7-15(8-12-28)21(27-32)20-17(24)4-2-5-18(20)25/h2,4-5,15,19,30,32H,3,6-13H2,1H3/b27-21+. The SMILES string of the molecule is Cc1nc2n(c(=O)c1CCN1CCC(/C(=N\O)c3c(F)cccc3F)CC1)CCCC2O. The van der Waals surface area contributed by atoms with Crippen molar-refractivity contribution >= 4 is 5.71 Å². The van der Waals surface area contributed by atoms with Crippen LogP contribution in [0.3, 0.4) is 0 Å². The number of likely N-dealkylation sites (tertiary alicyclic amines) is 1. The third-order valence-electron chi connectivity index (χ3n) is 6.64. The van der Waals surface area contributed by atoms with E-state index in [1.807, 2.05) is 0 Å². The van der Waals surface area contributed by atoms with Gasteiger partial charge in [-0.3, -0.25) is 9.36 Å². The second kappa shape index (κ2) is 9.46. The Morgan fingerprint density at radius 3 is 2.53 bits per heavy atom. The van der Waals surface area contributed by atoms with Gasteiger partial charge in [0.25, 0.3) is 5.56 Å². The molecule has 2 aromatic rings.